The predicted molar refractivity (Wildman–Crippen MR) is 132 cm³/mol. The van der Waals surface area contributed by atoms with E-state index in [1.165, 1.54) is 0 Å². The number of nitrogens with one attached hydrogen (secondary N) is 3. The van der Waals surface area contributed by atoms with Crippen LogP contribution in [-0.2, 0) is 4.74 Å². The van der Waals surface area contributed by atoms with Crippen LogP contribution in [0, 0.1) is 0 Å². The average molecular weight is 469 g/mol. The van der Waals surface area contributed by atoms with E-state index >= 15 is 0 Å². The maximum atomic E-state index is 13.2. The van der Waals surface area contributed by atoms with Crippen molar-refractivity contribution in [2.75, 3.05) is 24.3 Å². The number of pyridine rings is 1. The molecule has 2 amide bonds. The van der Waals surface area contributed by atoms with Crippen LogP contribution in [-0.4, -0.2) is 46.0 Å². The fraction of sp³-hybridized carbons (Fsp3) is 0.231. The van der Waals surface area contributed by atoms with Gasteiger partial charge in [-0.3, -0.25) is 9.59 Å². The molecule has 9 heteroatoms. The van der Waals surface area contributed by atoms with Crippen LogP contribution in [0.2, 0.25) is 0 Å². The van der Waals surface area contributed by atoms with Gasteiger partial charge in [-0.15, -0.1) is 0 Å². The Balaban J connectivity index is 1.38. The van der Waals surface area contributed by atoms with Crippen LogP contribution in [0.1, 0.15) is 45.3 Å². The predicted octanol–water partition coefficient (Wildman–Crippen LogP) is 3.47. The number of ether oxygens (including phenoxy) is 1. The van der Waals surface area contributed by atoms with Gasteiger partial charge in [-0.2, -0.15) is 0 Å². The molecule has 1 saturated carbocycles. The van der Waals surface area contributed by atoms with E-state index in [9.17, 15) is 9.59 Å². The van der Waals surface area contributed by atoms with E-state index in [0.29, 0.717) is 47.2 Å². The van der Waals surface area contributed by atoms with Gasteiger partial charge in [0, 0.05) is 17.2 Å². The topological polar surface area (TPSA) is 135 Å². The summed E-state index contributed by atoms with van der Waals surface area (Å²) in [7, 11) is 0. The van der Waals surface area contributed by atoms with E-state index in [1.54, 1.807) is 18.2 Å². The molecule has 0 spiro atoms. The van der Waals surface area contributed by atoms with Gasteiger partial charge in [0.15, 0.2) is 5.69 Å². The van der Waals surface area contributed by atoms with Gasteiger partial charge in [-0.25, -0.2) is 9.97 Å². The molecule has 1 saturated heterocycles. The Morgan fingerprint density at radius 1 is 1.00 bits per heavy atom. The lowest BCUT2D eigenvalue weighted by Crippen LogP contribution is -2.48. The second-order valence-corrected chi connectivity index (χ2v) is 8.98. The number of hydrogen-bond acceptors (Lipinski definition) is 6. The third-order valence-corrected chi connectivity index (χ3v) is 6.29. The number of nitrogens with two attached hydrogens (primary N) is 1. The number of anilines is 2. The highest BCUT2D eigenvalue weighted by molar-refractivity contribution is 6.12. The normalized spacial score (nSPS) is 15.5. The van der Waals surface area contributed by atoms with Gasteiger partial charge in [-0.05, 0) is 37.1 Å². The lowest BCUT2D eigenvalue weighted by Gasteiger charge is -2.27. The molecule has 1 aliphatic carbocycles. The number of amides is 2. The largest absolute Gasteiger partial charge is 0.397 e. The quantitative estimate of drug-likeness (QED) is 0.342. The van der Waals surface area contributed by atoms with Gasteiger partial charge >= 0.3 is 0 Å². The monoisotopic (exact) mass is 468 g/mol. The van der Waals surface area contributed by atoms with Crippen LogP contribution < -0.4 is 16.4 Å². The standard InChI is InChI=1S/C26H24N6O3/c27-18-8-9-19(14-6-7-14)29-23(18)26(34)32-20-11-22-21(10-17(20)25(33)28-16-12-35-13-16)30-24(31-22)15-4-2-1-3-5-15/h1-5,8-11,14,16H,6-7,12-13,27H2,(H,28,33)(H,30,31)(H,32,34). The van der Waals surface area contributed by atoms with Gasteiger partial charge in [0.2, 0.25) is 0 Å². The van der Waals surface area contributed by atoms with Gasteiger partial charge in [-0.1, -0.05) is 30.3 Å². The highest BCUT2D eigenvalue weighted by Crippen LogP contribution is 2.39. The van der Waals surface area contributed by atoms with E-state index in [2.05, 4.69) is 25.6 Å². The number of H-pyrrole nitrogens is 1. The molecule has 4 aromatic rings. The molecular weight excluding hydrogens is 444 g/mol. The molecule has 2 aromatic carbocycles. The van der Waals surface area contributed by atoms with Crippen molar-refractivity contribution in [1.29, 1.82) is 0 Å². The van der Waals surface area contributed by atoms with Crippen LogP contribution in [0.5, 0.6) is 0 Å². The lowest BCUT2D eigenvalue weighted by molar-refractivity contribution is -0.00344. The summed E-state index contributed by atoms with van der Waals surface area (Å²) in [4.78, 5) is 38.8. The van der Waals surface area contributed by atoms with Crippen molar-refractivity contribution < 1.29 is 14.3 Å². The first-order chi connectivity index (χ1) is 17.0. The molecule has 176 valence electrons. The Hall–Kier alpha value is -4.24. The van der Waals surface area contributed by atoms with Crippen molar-refractivity contribution in [3.63, 3.8) is 0 Å². The molecule has 3 heterocycles. The number of nitrogen functional groups attached to an aromatic ring is 1. The maximum Gasteiger partial charge on any atom is 0.276 e. The molecule has 0 radical (unpaired) electrons. The molecule has 9 nitrogen and oxygen atoms in total. The number of imidazole rings is 1. The second kappa shape index (κ2) is 8.52. The number of hydrogen-bond donors (Lipinski definition) is 4. The summed E-state index contributed by atoms with van der Waals surface area (Å²) in [6, 6.07) is 16.6. The Morgan fingerprint density at radius 2 is 1.80 bits per heavy atom. The fourth-order valence-corrected chi connectivity index (χ4v) is 4.12. The number of benzene rings is 2. The SMILES string of the molecule is Nc1ccc(C2CC2)nc1C(=O)Nc1cc2nc(-c3ccccc3)[nH]c2cc1C(=O)NC1COC1. The first-order valence-corrected chi connectivity index (χ1v) is 11.6. The summed E-state index contributed by atoms with van der Waals surface area (Å²) in [5.41, 5.74) is 10.3. The van der Waals surface area contributed by atoms with E-state index < -0.39 is 5.91 Å². The summed E-state index contributed by atoms with van der Waals surface area (Å²) in [5.74, 6) is 0.277. The number of aromatic nitrogens is 3. The number of nitrogens with zero attached hydrogens (tertiary/aromatic N) is 2. The smallest absolute Gasteiger partial charge is 0.276 e. The van der Waals surface area contributed by atoms with Gasteiger partial charge in [0.25, 0.3) is 11.8 Å². The first-order valence-electron chi connectivity index (χ1n) is 11.6. The van der Waals surface area contributed by atoms with E-state index in [4.69, 9.17) is 10.5 Å². The van der Waals surface area contributed by atoms with Gasteiger partial charge < -0.3 is 26.1 Å². The van der Waals surface area contributed by atoms with Gasteiger partial charge in [0.05, 0.1) is 47.2 Å². The van der Waals surface area contributed by atoms with Crippen molar-refractivity contribution in [3.05, 3.63) is 71.5 Å². The van der Waals surface area contributed by atoms with Crippen LogP contribution >= 0.6 is 0 Å². The van der Waals surface area contributed by atoms with Crippen molar-refractivity contribution in [2.45, 2.75) is 24.8 Å². The zero-order valence-electron chi connectivity index (χ0n) is 18.9. The van der Waals surface area contributed by atoms with Crippen LogP contribution in [0.4, 0.5) is 11.4 Å². The minimum atomic E-state index is -0.468. The average Bonchev–Trinajstić information content (AvgIpc) is 3.60. The number of fused-ring (bicyclic) bond motifs is 1. The van der Waals surface area contributed by atoms with E-state index in [1.807, 2.05) is 36.4 Å². The Labute approximate surface area is 201 Å². The van der Waals surface area contributed by atoms with Crippen molar-refractivity contribution in [2.24, 2.45) is 0 Å². The molecule has 0 atom stereocenters. The highest BCUT2D eigenvalue weighted by atomic mass is 16.5. The Kier molecular flexibility index (Phi) is 5.18. The summed E-state index contributed by atoms with van der Waals surface area (Å²) in [5, 5.41) is 5.80. The minimum Gasteiger partial charge on any atom is -0.397 e. The number of aromatic amines is 1. The Morgan fingerprint density at radius 3 is 2.51 bits per heavy atom. The molecule has 0 unspecified atom stereocenters. The molecule has 5 N–H and O–H groups in total. The maximum absolute atomic E-state index is 13.2. The van der Waals surface area contributed by atoms with Crippen LogP contribution in [0.25, 0.3) is 22.4 Å². The second-order valence-electron chi connectivity index (χ2n) is 8.98. The highest BCUT2D eigenvalue weighted by Gasteiger charge is 2.28. The molecular formula is C26H24N6O3. The fourth-order valence-electron chi connectivity index (χ4n) is 4.12. The molecule has 6 rings (SSSR count). The summed E-state index contributed by atoms with van der Waals surface area (Å²) in [6.07, 6.45) is 2.12. The molecule has 2 fully saturated rings. The third kappa shape index (κ3) is 4.22. The summed E-state index contributed by atoms with van der Waals surface area (Å²) in [6.45, 7) is 0.929. The van der Waals surface area contributed by atoms with Crippen molar-refractivity contribution in [1.82, 2.24) is 20.3 Å². The molecule has 35 heavy (non-hydrogen) atoms. The summed E-state index contributed by atoms with van der Waals surface area (Å²) < 4.78 is 5.17. The van der Waals surface area contributed by atoms with Crippen LogP contribution in [0.15, 0.2) is 54.6 Å². The lowest BCUT2D eigenvalue weighted by atomic mass is 10.1. The molecule has 2 aliphatic rings. The molecule has 1 aliphatic heterocycles. The van der Waals surface area contributed by atoms with E-state index in [-0.39, 0.29) is 23.3 Å². The number of rotatable bonds is 6. The number of carbonyl (C=O) groups is 2. The zero-order valence-corrected chi connectivity index (χ0v) is 18.9. The zero-order chi connectivity index (χ0) is 23.9. The molecule has 0 bridgehead atoms. The van der Waals surface area contributed by atoms with Crippen molar-refractivity contribution in [3.8, 4) is 11.4 Å². The van der Waals surface area contributed by atoms with E-state index in [0.717, 1.165) is 24.1 Å². The number of carbonyl (C=O) groups excluding carboxylic acids is 2. The molecule has 2 aromatic heterocycles. The summed E-state index contributed by atoms with van der Waals surface area (Å²) >= 11 is 0. The van der Waals surface area contributed by atoms with Gasteiger partial charge in [0.1, 0.15) is 5.82 Å². The first kappa shape index (κ1) is 21.3. The third-order valence-electron chi connectivity index (χ3n) is 6.29. The Bertz CT molecular complexity index is 1440. The minimum absolute atomic E-state index is 0.0593. The van der Waals surface area contributed by atoms with Crippen LogP contribution in [0.3, 0.4) is 0 Å². The van der Waals surface area contributed by atoms with Crippen molar-refractivity contribution >= 4 is 34.2 Å².